The van der Waals surface area contributed by atoms with Gasteiger partial charge in [0.05, 0.1) is 17.2 Å². The number of hydrogen-bond donors (Lipinski definition) is 1. The number of nitrogens with zero attached hydrogens (tertiary/aromatic N) is 2. The van der Waals surface area contributed by atoms with Crippen LogP contribution >= 0.6 is 0 Å². The molecule has 1 aliphatic rings. The third-order valence-electron chi connectivity index (χ3n) is 6.36. The highest BCUT2D eigenvalue weighted by atomic mass is 19.4. The van der Waals surface area contributed by atoms with Crippen molar-refractivity contribution in [3.63, 3.8) is 0 Å². The van der Waals surface area contributed by atoms with E-state index in [0.717, 1.165) is 4.90 Å². The lowest BCUT2D eigenvalue weighted by Gasteiger charge is -2.42. The summed E-state index contributed by atoms with van der Waals surface area (Å²) in [5.41, 5.74) is -2.03. The minimum absolute atomic E-state index is 0.0356. The third kappa shape index (κ3) is 7.12. The lowest BCUT2D eigenvalue weighted by Crippen LogP contribution is -2.50. The van der Waals surface area contributed by atoms with Gasteiger partial charge in [-0.1, -0.05) is 6.07 Å². The van der Waals surface area contributed by atoms with E-state index in [-0.39, 0.29) is 30.8 Å². The second-order valence-corrected chi connectivity index (χ2v) is 9.13. The molecule has 1 fully saturated rings. The highest BCUT2D eigenvalue weighted by molar-refractivity contribution is 5.75. The second-order valence-electron chi connectivity index (χ2n) is 9.13. The van der Waals surface area contributed by atoms with Crippen LogP contribution in [0.4, 0.5) is 39.9 Å². The van der Waals surface area contributed by atoms with Gasteiger partial charge in [0.25, 0.3) is 0 Å². The van der Waals surface area contributed by atoms with Gasteiger partial charge in [0.15, 0.2) is 0 Å². The van der Waals surface area contributed by atoms with Gasteiger partial charge in [0.1, 0.15) is 12.5 Å². The second kappa shape index (κ2) is 11.2. The maximum Gasteiger partial charge on any atom is 0.416 e. The Morgan fingerprint density at radius 2 is 1.68 bits per heavy atom. The number of alkyl halides is 7. The quantitative estimate of drug-likeness (QED) is 0.428. The van der Waals surface area contributed by atoms with E-state index < -0.39 is 54.6 Å². The molecule has 2 aromatic carbocycles. The molecule has 4 nitrogen and oxygen atoms in total. The highest BCUT2D eigenvalue weighted by Gasteiger charge is 2.38. The molecule has 1 aliphatic heterocycles. The fourth-order valence-corrected chi connectivity index (χ4v) is 4.62. The monoisotopic (exact) mass is 537 g/mol. The first-order valence-electron chi connectivity index (χ1n) is 11.6. The molecule has 0 aliphatic carbocycles. The predicted octanol–water partition coefficient (Wildman–Crippen LogP) is 6.49. The summed E-state index contributed by atoms with van der Waals surface area (Å²) in [7, 11) is 1.29. The summed E-state index contributed by atoms with van der Waals surface area (Å²) in [5, 5.41) is 3.06. The highest BCUT2D eigenvalue weighted by Crippen LogP contribution is 2.37. The maximum atomic E-state index is 13.7. The molecule has 0 aromatic heterocycles. The average molecular weight is 537 g/mol. The van der Waals surface area contributed by atoms with Gasteiger partial charge in [-0.05, 0) is 66.8 Å². The number of aryl methyl sites for hydroxylation is 1. The summed E-state index contributed by atoms with van der Waals surface area (Å²) < 4.78 is 106. The van der Waals surface area contributed by atoms with Gasteiger partial charge < -0.3 is 15.1 Å². The van der Waals surface area contributed by atoms with Crippen molar-refractivity contribution in [2.24, 2.45) is 0 Å². The fourth-order valence-electron chi connectivity index (χ4n) is 4.62. The van der Waals surface area contributed by atoms with Crippen molar-refractivity contribution in [1.29, 1.82) is 0 Å². The van der Waals surface area contributed by atoms with Crippen LogP contribution in [0.1, 0.15) is 46.7 Å². The number of carbonyl (C=O) groups excluding carboxylic acids is 1. The Morgan fingerprint density at radius 3 is 2.22 bits per heavy atom. The first-order valence-corrected chi connectivity index (χ1v) is 11.6. The number of urea groups is 1. The van der Waals surface area contributed by atoms with Gasteiger partial charge in [-0.25, -0.2) is 13.6 Å². The summed E-state index contributed by atoms with van der Waals surface area (Å²) in [5.74, 6) is -0.468. The van der Waals surface area contributed by atoms with E-state index in [2.05, 4.69) is 5.32 Å². The SMILES string of the molecule is Cc1cc(F)ccc1[C@H]1C[C@@H](NCCF)CCN1C(=O)N(C)Cc1cc(C(F)(F)F)cc(C(F)(F)F)c1. The summed E-state index contributed by atoms with van der Waals surface area (Å²) in [6.45, 7) is 0.903. The largest absolute Gasteiger partial charge is 0.416 e. The van der Waals surface area contributed by atoms with Gasteiger partial charge >= 0.3 is 18.4 Å². The number of amides is 2. The summed E-state index contributed by atoms with van der Waals surface area (Å²) >= 11 is 0. The Bertz CT molecular complexity index is 1070. The van der Waals surface area contributed by atoms with Crippen molar-refractivity contribution in [2.75, 3.05) is 26.8 Å². The molecule has 2 atom stereocenters. The number of halogens is 8. The molecule has 1 saturated heterocycles. The maximum absolute atomic E-state index is 13.7. The fraction of sp³-hybridized carbons (Fsp3) is 0.480. The molecule has 3 rings (SSSR count). The topological polar surface area (TPSA) is 35.6 Å². The van der Waals surface area contributed by atoms with Crippen LogP contribution in [0.3, 0.4) is 0 Å². The van der Waals surface area contributed by atoms with E-state index in [1.54, 1.807) is 6.92 Å². The lowest BCUT2D eigenvalue weighted by atomic mass is 9.89. The first kappa shape index (κ1) is 28.7. The number of hydrogen-bond acceptors (Lipinski definition) is 2. The van der Waals surface area contributed by atoms with Crippen LogP contribution in [0.15, 0.2) is 36.4 Å². The third-order valence-corrected chi connectivity index (χ3v) is 6.36. The number of nitrogens with one attached hydrogen (secondary N) is 1. The Morgan fingerprint density at radius 1 is 1.05 bits per heavy atom. The van der Waals surface area contributed by atoms with Gasteiger partial charge in [0, 0.05) is 32.7 Å². The zero-order chi connectivity index (χ0) is 27.5. The van der Waals surface area contributed by atoms with E-state index in [9.17, 15) is 39.9 Å². The van der Waals surface area contributed by atoms with E-state index in [1.807, 2.05) is 0 Å². The van der Waals surface area contributed by atoms with E-state index in [1.165, 1.54) is 30.1 Å². The standard InChI is InChI=1S/C25H27F8N3O/c1-15-9-19(27)3-4-21(15)22-13-20(34-7-6-26)5-8-36(22)23(37)35(2)14-16-10-17(24(28,29)30)12-18(11-16)25(31,32)33/h3-4,9-12,20,22,34H,5-8,13-14H2,1-2H3/t20-,22+/m0/s1. The van der Waals surface area contributed by atoms with Crippen LogP contribution in [0.5, 0.6) is 0 Å². The number of piperidine rings is 1. The molecule has 0 unspecified atom stereocenters. The Balaban J connectivity index is 1.89. The number of carbonyl (C=O) groups is 1. The molecule has 0 saturated carbocycles. The number of rotatable bonds is 6. The summed E-state index contributed by atoms with van der Waals surface area (Å²) in [4.78, 5) is 15.9. The molecule has 0 radical (unpaired) electrons. The van der Waals surface area contributed by atoms with E-state index in [0.29, 0.717) is 36.1 Å². The Kier molecular flexibility index (Phi) is 8.71. The van der Waals surface area contributed by atoms with Gasteiger partial charge in [-0.2, -0.15) is 26.3 Å². The zero-order valence-electron chi connectivity index (χ0n) is 20.2. The molecular weight excluding hydrogens is 510 g/mol. The smallest absolute Gasteiger partial charge is 0.323 e. The van der Waals surface area contributed by atoms with Crippen molar-refractivity contribution in [3.05, 3.63) is 70.0 Å². The van der Waals surface area contributed by atoms with Crippen LogP contribution in [-0.2, 0) is 18.9 Å². The number of likely N-dealkylation sites (tertiary alicyclic amines) is 1. The Labute approximate surface area is 209 Å². The normalized spacial score (nSPS) is 18.7. The van der Waals surface area contributed by atoms with Crippen LogP contribution in [0, 0.1) is 12.7 Å². The Hall–Kier alpha value is -2.89. The molecule has 0 spiro atoms. The van der Waals surface area contributed by atoms with Crippen molar-refractivity contribution < 1.29 is 39.9 Å². The molecule has 0 bridgehead atoms. The van der Waals surface area contributed by atoms with Crippen molar-refractivity contribution in [3.8, 4) is 0 Å². The predicted molar refractivity (Wildman–Crippen MR) is 121 cm³/mol. The lowest BCUT2D eigenvalue weighted by molar-refractivity contribution is -0.143. The molecule has 37 heavy (non-hydrogen) atoms. The summed E-state index contributed by atoms with van der Waals surface area (Å²) in [6.07, 6.45) is -9.18. The van der Waals surface area contributed by atoms with E-state index in [4.69, 9.17) is 0 Å². The summed E-state index contributed by atoms with van der Waals surface area (Å²) in [6, 6.07) is 4.00. The molecule has 1 heterocycles. The van der Waals surface area contributed by atoms with Crippen molar-refractivity contribution in [1.82, 2.24) is 15.1 Å². The van der Waals surface area contributed by atoms with Crippen LogP contribution in [-0.4, -0.2) is 48.7 Å². The van der Waals surface area contributed by atoms with Gasteiger partial charge in [0.2, 0.25) is 0 Å². The zero-order valence-corrected chi connectivity index (χ0v) is 20.2. The minimum Gasteiger partial charge on any atom is -0.323 e. The molecule has 2 amide bonds. The molecule has 204 valence electrons. The van der Waals surface area contributed by atoms with E-state index >= 15 is 0 Å². The average Bonchev–Trinajstić information content (AvgIpc) is 2.81. The molecule has 12 heteroatoms. The van der Waals surface area contributed by atoms with Crippen LogP contribution in [0.2, 0.25) is 0 Å². The molecule has 2 aromatic rings. The number of benzene rings is 2. The first-order chi connectivity index (χ1) is 17.2. The van der Waals surface area contributed by atoms with Gasteiger partial charge in [-0.15, -0.1) is 0 Å². The molecular formula is C25H27F8N3O. The van der Waals surface area contributed by atoms with Gasteiger partial charge in [-0.3, -0.25) is 0 Å². The minimum atomic E-state index is -5.00. The van der Waals surface area contributed by atoms with Crippen LogP contribution in [0.25, 0.3) is 0 Å². The molecule has 1 N–H and O–H groups in total. The van der Waals surface area contributed by atoms with Crippen molar-refractivity contribution >= 4 is 6.03 Å². The van der Waals surface area contributed by atoms with Crippen molar-refractivity contribution in [2.45, 2.75) is 50.7 Å². The van der Waals surface area contributed by atoms with Crippen LogP contribution < -0.4 is 5.32 Å².